The second-order valence-electron chi connectivity index (χ2n) is 5.65. The standard InChI is InChI=1S/C17H15BrN2O4S/c1-19(10-12-6-2-4-8-14(12)18)16(21)11-20-17(22)13-7-3-5-9-15(13)25(20,23)24/h2-9H,10-11H2,1H3. The van der Waals surface area contributed by atoms with Crippen LogP contribution in [0.5, 0.6) is 0 Å². The Labute approximate surface area is 154 Å². The molecular weight excluding hydrogens is 408 g/mol. The fourth-order valence-corrected chi connectivity index (χ4v) is 4.53. The second kappa shape index (κ2) is 6.61. The largest absolute Gasteiger partial charge is 0.340 e. The summed E-state index contributed by atoms with van der Waals surface area (Å²) >= 11 is 3.41. The number of likely N-dealkylation sites (N-methyl/N-ethyl adjacent to an activating group) is 1. The molecule has 6 nitrogen and oxygen atoms in total. The number of hydrogen-bond acceptors (Lipinski definition) is 4. The molecule has 0 fully saturated rings. The minimum absolute atomic E-state index is 0.0544. The smallest absolute Gasteiger partial charge is 0.269 e. The predicted molar refractivity (Wildman–Crippen MR) is 95.3 cm³/mol. The molecule has 0 spiro atoms. The molecule has 0 radical (unpaired) electrons. The molecule has 2 aromatic rings. The van der Waals surface area contributed by atoms with Gasteiger partial charge in [-0.1, -0.05) is 46.3 Å². The lowest BCUT2D eigenvalue weighted by molar-refractivity contribution is -0.130. The average Bonchev–Trinajstić information content (AvgIpc) is 2.78. The summed E-state index contributed by atoms with van der Waals surface area (Å²) in [5.41, 5.74) is 0.987. The number of sulfonamides is 1. The zero-order valence-corrected chi connectivity index (χ0v) is 15.7. The van der Waals surface area contributed by atoms with Crippen LogP contribution in [0, 0.1) is 0 Å². The van der Waals surface area contributed by atoms with E-state index in [9.17, 15) is 18.0 Å². The Balaban J connectivity index is 1.78. The first kappa shape index (κ1) is 17.6. The summed E-state index contributed by atoms with van der Waals surface area (Å²) < 4.78 is 26.5. The Hall–Kier alpha value is -2.19. The van der Waals surface area contributed by atoms with Gasteiger partial charge in [0.2, 0.25) is 5.91 Å². The zero-order chi connectivity index (χ0) is 18.2. The molecule has 8 heteroatoms. The van der Waals surface area contributed by atoms with Crippen molar-refractivity contribution in [2.75, 3.05) is 13.6 Å². The molecule has 0 saturated carbocycles. The van der Waals surface area contributed by atoms with Gasteiger partial charge in [-0.3, -0.25) is 9.59 Å². The number of rotatable bonds is 4. The molecule has 25 heavy (non-hydrogen) atoms. The minimum atomic E-state index is -3.98. The number of amides is 2. The minimum Gasteiger partial charge on any atom is -0.340 e. The van der Waals surface area contributed by atoms with Gasteiger partial charge in [0, 0.05) is 18.1 Å². The van der Waals surface area contributed by atoms with Gasteiger partial charge < -0.3 is 4.90 Å². The van der Waals surface area contributed by atoms with Gasteiger partial charge in [-0.05, 0) is 23.8 Å². The number of halogens is 1. The first-order valence-electron chi connectivity index (χ1n) is 7.46. The fourth-order valence-electron chi connectivity index (χ4n) is 2.60. The Bertz CT molecular complexity index is 959. The van der Waals surface area contributed by atoms with Crippen LogP contribution >= 0.6 is 15.9 Å². The van der Waals surface area contributed by atoms with Crippen molar-refractivity contribution in [3.05, 3.63) is 64.1 Å². The van der Waals surface area contributed by atoms with E-state index in [4.69, 9.17) is 0 Å². The van der Waals surface area contributed by atoms with Crippen molar-refractivity contribution < 1.29 is 18.0 Å². The van der Waals surface area contributed by atoms with E-state index in [1.807, 2.05) is 24.3 Å². The fraction of sp³-hybridized carbons (Fsp3) is 0.176. The summed E-state index contributed by atoms with van der Waals surface area (Å²) in [6.07, 6.45) is 0. The summed E-state index contributed by atoms with van der Waals surface area (Å²) in [6.45, 7) is -0.216. The van der Waals surface area contributed by atoms with Crippen LogP contribution in [0.25, 0.3) is 0 Å². The average molecular weight is 423 g/mol. The van der Waals surface area contributed by atoms with Gasteiger partial charge in [0.05, 0.1) is 5.56 Å². The molecule has 0 atom stereocenters. The third-order valence-corrected chi connectivity index (χ3v) is 6.54. The first-order chi connectivity index (χ1) is 11.8. The van der Waals surface area contributed by atoms with Crippen molar-refractivity contribution in [1.82, 2.24) is 9.21 Å². The van der Waals surface area contributed by atoms with E-state index in [2.05, 4.69) is 15.9 Å². The third kappa shape index (κ3) is 3.19. The number of carbonyl (C=O) groups excluding carboxylic acids is 2. The second-order valence-corrected chi connectivity index (χ2v) is 8.34. The molecule has 3 rings (SSSR count). The summed E-state index contributed by atoms with van der Waals surface area (Å²) in [7, 11) is -2.41. The molecule has 0 bridgehead atoms. The van der Waals surface area contributed by atoms with Crippen molar-refractivity contribution in [3.8, 4) is 0 Å². The van der Waals surface area contributed by atoms with Gasteiger partial charge in [0.25, 0.3) is 15.9 Å². The Kier molecular flexibility index (Phi) is 4.66. The van der Waals surface area contributed by atoms with Crippen molar-refractivity contribution in [2.45, 2.75) is 11.4 Å². The summed E-state index contributed by atoms with van der Waals surface area (Å²) in [6, 6.07) is 13.4. The van der Waals surface area contributed by atoms with Crippen molar-refractivity contribution in [3.63, 3.8) is 0 Å². The molecule has 1 aliphatic heterocycles. The molecule has 130 valence electrons. The van der Waals surface area contributed by atoms with Gasteiger partial charge >= 0.3 is 0 Å². The van der Waals surface area contributed by atoms with E-state index in [1.54, 1.807) is 19.2 Å². The van der Waals surface area contributed by atoms with Gasteiger partial charge in [-0.25, -0.2) is 12.7 Å². The van der Waals surface area contributed by atoms with Crippen molar-refractivity contribution >= 4 is 37.8 Å². The van der Waals surface area contributed by atoms with Gasteiger partial charge in [-0.2, -0.15) is 0 Å². The number of benzene rings is 2. The number of nitrogens with zero attached hydrogens (tertiary/aromatic N) is 2. The van der Waals surface area contributed by atoms with Crippen molar-refractivity contribution in [1.29, 1.82) is 0 Å². The van der Waals surface area contributed by atoms with E-state index in [0.29, 0.717) is 10.8 Å². The Morgan fingerprint density at radius 3 is 2.44 bits per heavy atom. The third-order valence-electron chi connectivity index (χ3n) is 3.98. The molecule has 0 aliphatic carbocycles. The number of hydrogen-bond donors (Lipinski definition) is 0. The van der Waals surface area contributed by atoms with E-state index in [-0.39, 0.29) is 10.5 Å². The van der Waals surface area contributed by atoms with Crippen LogP contribution < -0.4 is 0 Å². The van der Waals surface area contributed by atoms with Gasteiger partial charge in [-0.15, -0.1) is 0 Å². The van der Waals surface area contributed by atoms with Crippen LogP contribution in [0.4, 0.5) is 0 Å². The van der Waals surface area contributed by atoms with Crippen LogP contribution in [0.1, 0.15) is 15.9 Å². The lowest BCUT2D eigenvalue weighted by atomic mass is 10.2. The number of fused-ring (bicyclic) bond motifs is 1. The van der Waals surface area contributed by atoms with E-state index in [0.717, 1.165) is 10.0 Å². The van der Waals surface area contributed by atoms with Crippen LogP contribution in [-0.2, 0) is 21.4 Å². The van der Waals surface area contributed by atoms with Crippen LogP contribution in [-0.4, -0.2) is 43.0 Å². The highest BCUT2D eigenvalue weighted by Gasteiger charge is 2.42. The number of carbonyl (C=O) groups is 2. The topological polar surface area (TPSA) is 74.8 Å². The molecule has 1 heterocycles. The summed E-state index contributed by atoms with van der Waals surface area (Å²) in [4.78, 5) is 26.1. The molecular formula is C17H15BrN2O4S. The zero-order valence-electron chi connectivity index (χ0n) is 13.3. The molecule has 0 aromatic heterocycles. The normalized spacial score (nSPS) is 15.1. The lowest BCUT2D eigenvalue weighted by Gasteiger charge is -2.21. The van der Waals surface area contributed by atoms with Crippen LogP contribution in [0.3, 0.4) is 0 Å². The van der Waals surface area contributed by atoms with E-state index >= 15 is 0 Å². The maximum absolute atomic E-state index is 12.5. The molecule has 0 saturated heterocycles. The molecule has 2 aromatic carbocycles. The summed E-state index contributed by atoms with van der Waals surface area (Å²) in [5, 5.41) is 0. The quantitative estimate of drug-likeness (QED) is 0.756. The molecule has 2 amide bonds. The maximum atomic E-state index is 12.5. The Morgan fingerprint density at radius 2 is 1.76 bits per heavy atom. The van der Waals surface area contributed by atoms with E-state index < -0.39 is 28.4 Å². The lowest BCUT2D eigenvalue weighted by Crippen LogP contribution is -2.41. The van der Waals surface area contributed by atoms with Crippen LogP contribution in [0.15, 0.2) is 57.9 Å². The van der Waals surface area contributed by atoms with Crippen LogP contribution in [0.2, 0.25) is 0 Å². The van der Waals surface area contributed by atoms with E-state index in [1.165, 1.54) is 17.0 Å². The van der Waals surface area contributed by atoms with Gasteiger partial charge in [0.15, 0.2) is 0 Å². The molecule has 0 unspecified atom stereocenters. The van der Waals surface area contributed by atoms with Gasteiger partial charge in [0.1, 0.15) is 11.4 Å². The molecule has 1 aliphatic rings. The monoisotopic (exact) mass is 422 g/mol. The van der Waals surface area contributed by atoms with Crippen molar-refractivity contribution in [2.24, 2.45) is 0 Å². The predicted octanol–water partition coefficient (Wildman–Crippen LogP) is 2.25. The highest BCUT2D eigenvalue weighted by atomic mass is 79.9. The highest BCUT2D eigenvalue weighted by Crippen LogP contribution is 2.29. The highest BCUT2D eigenvalue weighted by molar-refractivity contribution is 9.10. The summed E-state index contributed by atoms with van der Waals surface area (Å²) in [5.74, 6) is -1.13. The first-order valence-corrected chi connectivity index (χ1v) is 9.69. The maximum Gasteiger partial charge on any atom is 0.269 e. The SMILES string of the molecule is CN(Cc1ccccc1Br)C(=O)CN1C(=O)c2ccccc2S1(=O)=O. The molecule has 0 N–H and O–H groups in total. The Morgan fingerprint density at radius 1 is 1.12 bits per heavy atom.